The van der Waals surface area contributed by atoms with Crippen LogP contribution in [0.25, 0.3) is 0 Å². The molecule has 0 aromatic carbocycles. The smallest absolute Gasteiger partial charge is 0.303 e. The number of morpholine rings is 1. The summed E-state index contributed by atoms with van der Waals surface area (Å²) in [7, 11) is 0. The van der Waals surface area contributed by atoms with Crippen molar-refractivity contribution in [1.82, 2.24) is 4.90 Å². The largest absolute Gasteiger partial charge is 0.459 e. The molecule has 1 unspecified atom stereocenters. The van der Waals surface area contributed by atoms with E-state index < -0.39 is 18.5 Å². The fourth-order valence-electron chi connectivity index (χ4n) is 1.82. The zero-order valence-electron chi connectivity index (χ0n) is 11.1. The molecule has 0 amide bonds. The molecule has 1 fully saturated rings. The van der Waals surface area contributed by atoms with Gasteiger partial charge in [-0.05, 0) is 0 Å². The SMILES string of the molecule is CC(=O)OC(COCCC(F)F)CN1CCOCC1. The lowest BCUT2D eigenvalue weighted by Crippen LogP contribution is -2.43. The molecule has 0 aromatic rings. The molecule has 0 aromatic heterocycles. The number of hydrogen-bond donors (Lipinski definition) is 0. The molecule has 1 aliphatic rings. The Labute approximate surface area is 111 Å². The second kappa shape index (κ2) is 9.17. The Kier molecular flexibility index (Phi) is 7.85. The average molecular weight is 281 g/mol. The van der Waals surface area contributed by atoms with Gasteiger partial charge in [0.05, 0.1) is 26.4 Å². The molecular formula is C12H21F2NO4. The highest BCUT2D eigenvalue weighted by Crippen LogP contribution is 2.04. The first-order valence-electron chi connectivity index (χ1n) is 6.41. The lowest BCUT2D eigenvalue weighted by molar-refractivity contribution is -0.151. The third kappa shape index (κ3) is 8.07. The van der Waals surface area contributed by atoms with E-state index in [1.807, 2.05) is 0 Å². The van der Waals surface area contributed by atoms with Gasteiger partial charge in [-0.3, -0.25) is 9.69 Å². The maximum absolute atomic E-state index is 12.0. The van der Waals surface area contributed by atoms with E-state index in [1.165, 1.54) is 6.92 Å². The van der Waals surface area contributed by atoms with E-state index in [9.17, 15) is 13.6 Å². The molecule has 0 saturated carbocycles. The molecule has 112 valence electrons. The third-order valence-electron chi connectivity index (χ3n) is 2.68. The van der Waals surface area contributed by atoms with E-state index in [-0.39, 0.29) is 19.6 Å². The van der Waals surface area contributed by atoms with Crippen molar-refractivity contribution in [3.63, 3.8) is 0 Å². The van der Waals surface area contributed by atoms with Crippen LogP contribution in [0.3, 0.4) is 0 Å². The van der Waals surface area contributed by atoms with Crippen molar-refractivity contribution >= 4 is 5.97 Å². The number of esters is 1. The minimum Gasteiger partial charge on any atom is -0.459 e. The highest BCUT2D eigenvalue weighted by atomic mass is 19.3. The molecule has 1 aliphatic heterocycles. The molecule has 1 heterocycles. The van der Waals surface area contributed by atoms with E-state index in [4.69, 9.17) is 14.2 Å². The van der Waals surface area contributed by atoms with Crippen LogP contribution in [-0.4, -0.2) is 69.5 Å². The third-order valence-corrected chi connectivity index (χ3v) is 2.68. The molecule has 1 atom stereocenters. The maximum Gasteiger partial charge on any atom is 0.303 e. The summed E-state index contributed by atoms with van der Waals surface area (Å²) in [5.41, 5.74) is 0. The van der Waals surface area contributed by atoms with Gasteiger partial charge in [0, 0.05) is 33.0 Å². The van der Waals surface area contributed by atoms with E-state index in [2.05, 4.69) is 4.90 Å². The Morgan fingerprint density at radius 2 is 2.05 bits per heavy atom. The van der Waals surface area contributed by atoms with Crippen molar-refractivity contribution in [3.05, 3.63) is 0 Å². The first-order chi connectivity index (χ1) is 9.08. The Morgan fingerprint density at radius 1 is 1.37 bits per heavy atom. The second-order valence-corrected chi connectivity index (χ2v) is 4.40. The highest BCUT2D eigenvalue weighted by molar-refractivity contribution is 5.66. The van der Waals surface area contributed by atoms with Crippen molar-refractivity contribution in [1.29, 1.82) is 0 Å². The summed E-state index contributed by atoms with van der Waals surface area (Å²) in [6, 6.07) is 0. The quantitative estimate of drug-likeness (QED) is 0.489. The predicted molar refractivity (Wildman–Crippen MR) is 64.3 cm³/mol. The fraction of sp³-hybridized carbons (Fsp3) is 0.917. The van der Waals surface area contributed by atoms with Crippen molar-refractivity contribution in [2.45, 2.75) is 25.9 Å². The van der Waals surface area contributed by atoms with Gasteiger partial charge in [0.15, 0.2) is 0 Å². The lowest BCUT2D eigenvalue weighted by atomic mass is 10.3. The van der Waals surface area contributed by atoms with Gasteiger partial charge in [0.2, 0.25) is 6.43 Å². The van der Waals surface area contributed by atoms with Gasteiger partial charge in [-0.2, -0.15) is 0 Å². The van der Waals surface area contributed by atoms with Crippen molar-refractivity contribution in [3.8, 4) is 0 Å². The molecule has 1 saturated heterocycles. The van der Waals surface area contributed by atoms with Crippen molar-refractivity contribution < 1.29 is 27.8 Å². The van der Waals surface area contributed by atoms with Crippen molar-refractivity contribution in [2.75, 3.05) is 46.1 Å². The number of ether oxygens (including phenoxy) is 3. The number of rotatable bonds is 8. The standard InChI is InChI=1S/C12H21F2NO4/c1-10(16)19-11(9-18-5-2-12(13)14)8-15-3-6-17-7-4-15/h11-12H,2-9H2,1H3. The molecular weight excluding hydrogens is 260 g/mol. The van der Waals surface area contributed by atoms with Crippen LogP contribution in [-0.2, 0) is 19.0 Å². The van der Waals surface area contributed by atoms with Gasteiger partial charge in [-0.15, -0.1) is 0 Å². The molecule has 0 spiro atoms. The van der Waals surface area contributed by atoms with Gasteiger partial charge in [0.1, 0.15) is 6.10 Å². The van der Waals surface area contributed by atoms with Gasteiger partial charge < -0.3 is 14.2 Å². The second-order valence-electron chi connectivity index (χ2n) is 4.40. The molecule has 1 rings (SSSR count). The summed E-state index contributed by atoms with van der Waals surface area (Å²) >= 11 is 0. The monoisotopic (exact) mass is 281 g/mol. The summed E-state index contributed by atoms with van der Waals surface area (Å²) in [6.07, 6.45) is -3.09. The number of nitrogens with zero attached hydrogens (tertiary/aromatic N) is 1. The molecule has 0 N–H and O–H groups in total. The predicted octanol–water partition coefficient (Wildman–Crippen LogP) is 0.922. The number of carbonyl (C=O) groups excluding carboxylic acids is 1. The Bertz CT molecular complexity index is 260. The molecule has 7 heteroatoms. The Hall–Kier alpha value is -0.790. The molecule has 19 heavy (non-hydrogen) atoms. The van der Waals surface area contributed by atoms with E-state index in [1.54, 1.807) is 0 Å². The molecule has 5 nitrogen and oxygen atoms in total. The first-order valence-corrected chi connectivity index (χ1v) is 6.41. The summed E-state index contributed by atoms with van der Waals surface area (Å²) in [6.45, 7) is 4.83. The van der Waals surface area contributed by atoms with Crippen LogP contribution in [0, 0.1) is 0 Å². The average Bonchev–Trinajstić information content (AvgIpc) is 2.35. The number of hydrogen-bond acceptors (Lipinski definition) is 5. The van der Waals surface area contributed by atoms with E-state index >= 15 is 0 Å². The zero-order valence-corrected chi connectivity index (χ0v) is 11.1. The van der Waals surface area contributed by atoms with Crippen LogP contribution >= 0.6 is 0 Å². The minimum absolute atomic E-state index is 0.0292. The summed E-state index contributed by atoms with van der Waals surface area (Å²) in [5.74, 6) is -0.393. The minimum atomic E-state index is -2.37. The van der Waals surface area contributed by atoms with Crippen LogP contribution < -0.4 is 0 Å². The summed E-state index contributed by atoms with van der Waals surface area (Å²) in [5, 5.41) is 0. The number of halogens is 2. The van der Waals surface area contributed by atoms with Crippen LogP contribution in [0.15, 0.2) is 0 Å². The maximum atomic E-state index is 12.0. The molecule has 0 bridgehead atoms. The fourth-order valence-corrected chi connectivity index (χ4v) is 1.82. The zero-order chi connectivity index (χ0) is 14.1. The Morgan fingerprint density at radius 3 is 2.63 bits per heavy atom. The Balaban J connectivity index is 2.27. The normalized spacial score (nSPS) is 18.5. The van der Waals surface area contributed by atoms with Crippen LogP contribution in [0.2, 0.25) is 0 Å². The first kappa shape index (κ1) is 16.3. The van der Waals surface area contributed by atoms with Gasteiger partial charge >= 0.3 is 5.97 Å². The topological polar surface area (TPSA) is 48.0 Å². The van der Waals surface area contributed by atoms with Crippen LogP contribution in [0.5, 0.6) is 0 Å². The van der Waals surface area contributed by atoms with Gasteiger partial charge in [-0.25, -0.2) is 8.78 Å². The van der Waals surface area contributed by atoms with Gasteiger partial charge in [-0.1, -0.05) is 0 Å². The van der Waals surface area contributed by atoms with Crippen LogP contribution in [0.4, 0.5) is 8.78 Å². The molecule has 0 aliphatic carbocycles. The summed E-state index contributed by atoms with van der Waals surface area (Å²) in [4.78, 5) is 13.1. The lowest BCUT2D eigenvalue weighted by Gasteiger charge is -2.30. The molecule has 0 radical (unpaired) electrons. The van der Waals surface area contributed by atoms with E-state index in [0.717, 1.165) is 13.1 Å². The van der Waals surface area contributed by atoms with Gasteiger partial charge in [0.25, 0.3) is 0 Å². The van der Waals surface area contributed by atoms with Crippen LogP contribution in [0.1, 0.15) is 13.3 Å². The highest BCUT2D eigenvalue weighted by Gasteiger charge is 2.19. The van der Waals surface area contributed by atoms with Crippen molar-refractivity contribution in [2.24, 2.45) is 0 Å². The van der Waals surface area contributed by atoms with E-state index in [0.29, 0.717) is 19.8 Å². The summed E-state index contributed by atoms with van der Waals surface area (Å²) < 4.78 is 39.4. The number of carbonyl (C=O) groups is 1. The number of alkyl halides is 2.